The van der Waals surface area contributed by atoms with Gasteiger partial charge in [-0.3, -0.25) is 9.59 Å². The van der Waals surface area contributed by atoms with Crippen LogP contribution in [-0.4, -0.2) is 60.6 Å². The van der Waals surface area contributed by atoms with Gasteiger partial charge < -0.3 is 19.1 Å². The normalized spacial score (nSPS) is 20.3. The molecule has 8 nitrogen and oxygen atoms in total. The number of hydrogen-bond donors (Lipinski definition) is 0. The lowest BCUT2D eigenvalue weighted by Gasteiger charge is -2.32. The van der Waals surface area contributed by atoms with E-state index in [0.29, 0.717) is 43.7 Å². The second kappa shape index (κ2) is 9.07. The average molecular weight is 403 g/mol. The van der Waals surface area contributed by atoms with E-state index in [1.165, 1.54) is 6.92 Å². The first-order chi connectivity index (χ1) is 13.9. The Hall–Kier alpha value is -2.90. The minimum atomic E-state index is -1.07. The van der Waals surface area contributed by atoms with Crippen molar-refractivity contribution in [3.05, 3.63) is 35.4 Å². The first kappa shape index (κ1) is 20.8. The van der Waals surface area contributed by atoms with Crippen LogP contribution in [0.4, 0.5) is 0 Å². The number of nitrogens with zero attached hydrogens (tertiary/aromatic N) is 1. The summed E-state index contributed by atoms with van der Waals surface area (Å²) in [6, 6.07) is 6.92. The summed E-state index contributed by atoms with van der Waals surface area (Å²) in [4.78, 5) is 50.5. The molecule has 0 unspecified atom stereocenters. The quantitative estimate of drug-likeness (QED) is 0.543. The molecule has 1 aromatic carbocycles. The molecule has 2 heterocycles. The maximum atomic E-state index is 12.6. The fraction of sp³-hybridized carbons (Fsp3) is 0.524. The summed E-state index contributed by atoms with van der Waals surface area (Å²) in [5.41, 5.74) is 1.15. The molecule has 0 radical (unpaired) electrons. The van der Waals surface area contributed by atoms with Crippen molar-refractivity contribution in [2.45, 2.75) is 45.3 Å². The number of piperidine rings is 1. The van der Waals surface area contributed by atoms with Crippen LogP contribution >= 0.6 is 0 Å². The fourth-order valence-corrected chi connectivity index (χ4v) is 3.62. The van der Waals surface area contributed by atoms with Crippen molar-refractivity contribution in [2.24, 2.45) is 5.92 Å². The molecule has 0 aliphatic carbocycles. The van der Waals surface area contributed by atoms with Crippen LogP contribution in [0.25, 0.3) is 0 Å². The maximum Gasteiger partial charge on any atom is 0.348 e. The van der Waals surface area contributed by atoms with Gasteiger partial charge in [0.05, 0.1) is 18.1 Å². The van der Waals surface area contributed by atoms with Crippen LogP contribution in [0.2, 0.25) is 0 Å². The molecule has 1 aromatic rings. The highest BCUT2D eigenvalue weighted by molar-refractivity contribution is 5.95. The Bertz CT molecular complexity index is 798. The minimum Gasteiger partial charge on any atom is -0.466 e. The molecular formula is C21H25NO7. The summed E-state index contributed by atoms with van der Waals surface area (Å²) in [5.74, 6) is -2.09. The zero-order valence-corrected chi connectivity index (χ0v) is 16.6. The molecule has 156 valence electrons. The van der Waals surface area contributed by atoms with Gasteiger partial charge in [-0.1, -0.05) is 18.2 Å². The number of carbonyl (C=O) groups is 4. The van der Waals surface area contributed by atoms with Crippen LogP contribution in [0, 0.1) is 5.92 Å². The van der Waals surface area contributed by atoms with Gasteiger partial charge in [0.25, 0.3) is 5.91 Å². The van der Waals surface area contributed by atoms with Gasteiger partial charge in [-0.05, 0) is 38.3 Å². The Kier molecular flexibility index (Phi) is 6.51. The lowest BCUT2D eigenvalue weighted by atomic mass is 9.96. The van der Waals surface area contributed by atoms with Gasteiger partial charge in [0.1, 0.15) is 0 Å². The number of likely N-dealkylation sites (tertiary alicyclic amines) is 1. The van der Waals surface area contributed by atoms with Gasteiger partial charge in [-0.15, -0.1) is 0 Å². The lowest BCUT2D eigenvalue weighted by Crippen LogP contribution is -2.46. The van der Waals surface area contributed by atoms with Crippen LogP contribution < -0.4 is 0 Å². The third kappa shape index (κ3) is 4.75. The van der Waals surface area contributed by atoms with E-state index < -0.39 is 24.1 Å². The van der Waals surface area contributed by atoms with Crippen molar-refractivity contribution in [1.82, 2.24) is 4.90 Å². The van der Waals surface area contributed by atoms with Crippen molar-refractivity contribution in [2.75, 3.05) is 19.7 Å². The zero-order chi connectivity index (χ0) is 21.0. The first-order valence-corrected chi connectivity index (χ1v) is 9.85. The van der Waals surface area contributed by atoms with Gasteiger partial charge in [-0.2, -0.15) is 0 Å². The third-order valence-corrected chi connectivity index (χ3v) is 5.22. The number of ether oxygens (including phenoxy) is 3. The number of cyclic esters (lactones) is 1. The van der Waals surface area contributed by atoms with Crippen LogP contribution in [0.15, 0.2) is 24.3 Å². The molecule has 8 heteroatoms. The highest BCUT2D eigenvalue weighted by Gasteiger charge is 2.36. The van der Waals surface area contributed by atoms with E-state index >= 15 is 0 Å². The number of amides is 1. The molecule has 0 saturated carbocycles. The van der Waals surface area contributed by atoms with Gasteiger partial charge in [0, 0.05) is 19.5 Å². The maximum absolute atomic E-state index is 12.6. The number of benzene rings is 1. The third-order valence-electron chi connectivity index (χ3n) is 5.22. The summed E-state index contributed by atoms with van der Waals surface area (Å²) in [6.45, 7) is 4.39. The molecule has 1 saturated heterocycles. The van der Waals surface area contributed by atoms with Crippen molar-refractivity contribution >= 4 is 23.8 Å². The number of hydrogen-bond acceptors (Lipinski definition) is 7. The highest BCUT2D eigenvalue weighted by atomic mass is 16.6. The molecule has 0 aromatic heterocycles. The lowest BCUT2D eigenvalue weighted by molar-refractivity contribution is -0.167. The van der Waals surface area contributed by atoms with Crippen molar-refractivity contribution in [3.8, 4) is 0 Å². The van der Waals surface area contributed by atoms with Crippen molar-refractivity contribution in [1.29, 1.82) is 0 Å². The summed E-state index contributed by atoms with van der Waals surface area (Å²) in [5, 5.41) is 0. The molecule has 0 bridgehead atoms. The minimum absolute atomic E-state index is 0.210. The van der Waals surface area contributed by atoms with E-state index in [4.69, 9.17) is 14.2 Å². The van der Waals surface area contributed by atoms with E-state index in [2.05, 4.69) is 0 Å². The monoisotopic (exact) mass is 403 g/mol. The molecule has 2 atom stereocenters. The van der Waals surface area contributed by atoms with Crippen molar-refractivity contribution < 1.29 is 33.4 Å². The molecule has 29 heavy (non-hydrogen) atoms. The predicted molar refractivity (Wildman–Crippen MR) is 101 cm³/mol. The van der Waals surface area contributed by atoms with Gasteiger partial charge >= 0.3 is 17.9 Å². The van der Waals surface area contributed by atoms with E-state index in [1.807, 2.05) is 0 Å². The predicted octanol–water partition coefficient (Wildman–Crippen LogP) is 1.50. The number of esters is 3. The summed E-state index contributed by atoms with van der Waals surface area (Å²) < 4.78 is 15.5. The Morgan fingerprint density at radius 2 is 1.86 bits per heavy atom. The molecule has 3 rings (SSSR count). The SMILES string of the molecule is CCOC(=O)C1CCN(C(=O)[C@@H](C)OC(=O)[C@@H]2Cc3ccccc3C(=O)O2)CC1. The van der Waals surface area contributed by atoms with Gasteiger partial charge in [0.2, 0.25) is 6.10 Å². The van der Waals surface area contributed by atoms with E-state index in [-0.39, 0.29) is 24.2 Å². The Morgan fingerprint density at radius 1 is 1.17 bits per heavy atom. The van der Waals surface area contributed by atoms with Crippen LogP contribution in [-0.2, 0) is 35.0 Å². The second-order valence-corrected chi connectivity index (χ2v) is 7.19. The average Bonchev–Trinajstić information content (AvgIpc) is 2.73. The standard InChI is InChI=1S/C21H25NO7/c1-3-27-19(24)14-8-10-22(11-9-14)18(23)13(2)28-21(26)17-12-15-6-4-5-7-16(15)20(25)29-17/h4-7,13-14,17H,3,8-12H2,1-2H3/t13-,17+/m1/s1. The Balaban J connectivity index is 1.52. The van der Waals surface area contributed by atoms with E-state index in [1.54, 1.807) is 36.1 Å². The topological polar surface area (TPSA) is 99.2 Å². The molecule has 1 amide bonds. The molecule has 0 N–H and O–H groups in total. The smallest absolute Gasteiger partial charge is 0.348 e. The summed E-state index contributed by atoms with van der Waals surface area (Å²) in [7, 11) is 0. The van der Waals surface area contributed by atoms with E-state index in [9.17, 15) is 19.2 Å². The second-order valence-electron chi connectivity index (χ2n) is 7.19. The van der Waals surface area contributed by atoms with Crippen LogP contribution in [0.1, 0.15) is 42.6 Å². The molecular weight excluding hydrogens is 378 g/mol. The highest BCUT2D eigenvalue weighted by Crippen LogP contribution is 2.23. The molecule has 2 aliphatic rings. The zero-order valence-electron chi connectivity index (χ0n) is 16.6. The van der Waals surface area contributed by atoms with Gasteiger partial charge in [0.15, 0.2) is 6.10 Å². The summed E-state index contributed by atoms with van der Waals surface area (Å²) in [6.07, 6.45) is -0.823. The number of fused-ring (bicyclic) bond motifs is 1. The van der Waals surface area contributed by atoms with Crippen LogP contribution in [0.5, 0.6) is 0 Å². The largest absolute Gasteiger partial charge is 0.466 e. The number of carbonyl (C=O) groups excluding carboxylic acids is 4. The fourth-order valence-electron chi connectivity index (χ4n) is 3.62. The van der Waals surface area contributed by atoms with Crippen LogP contribution in [0.3, 0.4) is 0 Å². The Labute approximate surface area is 169 Å². The summed E-state index contributed by atoms with van der Waals surface area (Å²) >= 11 is 0. The van der Waals surface area contributed by atoms with Gasteiger partial charge in [-0.25, -0.2) is 9.59 Å². The molecule has 2 aliphatic heterocycles. The van der Waals surface area contributed by atoms with Crippen molar-refractivity contribution in [3.63, 3.8) is 0 Å². The molecule has 1 fully saturated rings. The van der Waals surface area contributed by atoms with E-state index in [0.717, 1.165) is 0 Å². The first-order valence-electron chi connectivity index (χ1n) is 9.85. The Morgan fingerprint density at radius 3 is 2.55 bits per heavy atom. The number of rotatable bonds is 5. The molecule has 0 spiro atoms.